The first-order chi connectivity index (χ1) is 14.9. The monoisotopic (exact) mass is 417 g/mol. The Labute approximate surface area is 180 Å². The van der Waals surface area contributed by atoms with E-state index >= 15 is 0 Å². The Balaban J connectivity index is 1.68. The van der Waals surface area contributed by atoms with Crippen LogP contribution in [-0.2, 0) is 13.0 Å². The molecule has 5 nitrogen and oxygen atoms in total. The van der Waals surface area contributed by atoms with Gasteiger partial charge in [0, 0.05) is 29.5 Å². The summed E-state index contributed by atoms with van der Waals surface area (Å²) in [4.78, 5) is 16.2. The van der Waals surface area contributed by atoms with Crippen molar-refractivity contribution in [1.29, 1.82) is 0 Å². The molecule has 0 spiro atoms. The van der Waals surface area contributed by atoms with Crippen LogP contribution in [0, 0.1) is 12.7 Å². The number of nitrogens with one attached hydrogen (secondary N) is 1. The van der Waals surface area contributed by atoms with Gasteiger partial charge in [-0.3, -0.25) is 0 Å². The molecule has 2 heterocycles. The van der Waals surface area contributed by atoms with E-state index < -0.39 is 5.97 Å². The van der Waals surface area contributed by atoms with Crippen LogP contribution in [0.1, 0.15) is 40.5 Å². The van der Waals surface area contributed by atoms with E-state index in [1.807, 2.05) is 37.4 Å². The molecular formula is C25H24FN3O2. The Morgan fingerprint density at radius 3 is 2.74 bits per heavy atom. The first-order valence-corrected chi connectivity index (χ1v) is 10.3. The number of rotatable bonds is 7. The van der Waals surface area contributed by atoms with Crippen molar-refractivity contribution in [2.24, 2.45) is 0 Å². The summed E-state index contributed by atoms with van der Waals surface area (Å²) in [7, 11) is 0. The SMILES string of the molecule is CCCc1ccc(C(=O)O)c(Nc2cc(C)c3c(ccn3Cc3cccc(F)c3)c2)n1. The number of anilines is 2. The van der Waals surface area contributed by atoms with Crippen LogP contribution in [0.2, 0.25) is 0 Å². The highest BCUT2D eigenvalue weighted by Gasteiger charge is 2.14. The number of aromatic nitrogens is 2. The van der Waals surface area contributed by atoms with Crippen molar-refractivity contribution in [3.8, 4) is 0 Å². The highest BCUT2D eigenvalue weighted by molar-refractivity contribution is 5.95. The standard InChI is InChI=1S/C25H24FN3O2/c1-3-5-20-8-9-22(25(30)31)24(27-20)28-21-12-16(2)23-18(14-21)10-11-29(23)15-17-6-4-7-19(26)13-17/h4,6-14H,3,5,15H2,1-2H3,(H,27,28)(H,30,31). The Kier molecular flexibility index (Phi) is 5.71. The van der Waals surface area contributed by atoms with Crippen LogP contribution in [0.5, 0.6) is 0 Å². The van der Waals surface area contributed by atoms with Crippen molar-refractivity contribution < 1.29 is 14.3 Å². The number of hydrogen-bond donors (Lipinski definition) is 2. The van der Waals surface area contributed by atoms with E-state index in [1.165, 1.54) is 6.07 Å². The van der Waals surface area contributed by atoms with E-state index in [-0.39, 0.29) is 11.4 Å². The van der Waals surface area contributed by atoms with Gasteiger partial charge < -0.3 is 15.0 Å². The molecule has 0 saturated heterocycles. The lowest BCUT2D eigenvalue weighted by Crippen LogP contribution is -2.07. The molecule has 0 unspecified atom stereocenters. The van der Waals surface area contributed by atoms with Crippen molar-refractivity contribution in [3.05, 3.63) is 89.0 Å². The van der Waals surface area contributed by atoms with Gasteiger partial charge in [0.2, 0.25) is 0 Å². The average molecular weight is 417 g/mol. The van der Waals surface area contributed by atoms with Gasteiger partial charge in [0.25, 0.3) is 0 Å². The summed E-state index contributed by atoms with van der Waals surface area (Å²) in [6.45, 7) is 4.64. The lowest BCUT2D eigenvalue weighted by molar-refractivity contribution is 0.0697. The van der Waals surface area contributed by atoms with Crippen molar-refractivity contribution >= 4 is 28.4 Å². The van der Waals surface area contributed by atoms with Crippen LogP contribution < -0.4 is 5.32 Å². The maximum atomic E-state index is 13.5. The van der Waals surface area contributed by atoms with Gasteiger partial charge in [-0.25, -0.2) is 14.2 Å². The largest absolute Gasteiger partial charge is 0.478 e. The molecule has 0 saturated carbocycles. The van der Waals surface area contributed by atoms with Gasteiger partial charge in [-0.05, 0) is 66.9 Å². The fraction of sp³-hybridized carbons (Fsp3) is 0.200. The quantitative estimate of drug-likeness (QED) is 0.391. The minimum absolute atomic E-state index is 0.140. The third kappa shape index (κ3) is 4.43. The molecule has 0 amide bonds. The number of nitrogens with zero attached hydrogens (tertiary/aromatic N) is 2. The van der Waals surface area contributed by atoms with E-state index in [0.29, 0.717) is 12.4 Å². The van der Waals surface area contributed by atoms with E-state index in [9.17, 15) is 14.3 Å². The Hall–Kier alpha value is -3.67. The van der Waals surface area contributed by atoms with Gasteiger partial charge in [0.1, 0.15) is 17.2 Å². The third-order valence-corrected chi connectivity index (χ3v) is 5.25. The lowest BCUT2D eigenvalue weighted by Gasteiger charge is -2.13. The second kappa shape index (κ2) is 8.60. The number of aryl methyl sites for hydroxylation is 2. The van der Waals surface area contributed by atoms with Crippen LogP contribution >= 0.6 is 0 Å². The Morgan fingerprint density at radius 1 is 1.16 bits per heavy atom. The first kappa shape index (κ1) is 20.6. The fourth-order valence-electron chi connectivity index (χ4n) is 3.91. The second-order valence-corrected chi connectivity index (χ2v) is 7.68. The highest BCUT2D eigenvalue weighted by Crippen LogP contribution is 2.28. The summed E-state index contributed by atoms with van der Waals surface area (Å²) in [5, 5.41) is 13.8. The average Bonchev–Trinajstić information content (AvgIpc) is 3.11. The zero-order valence-corrected chi connectivity index (χ0v) is 17.5. The third-order valence-electron chi connectivity index (χ3n) is 5.25. The smallest absolute Gasteiger partial charge is 0.339 e. The molecule has 0 radical (unpaired) electrons. The number of benzene rings is 2. The molecule has 0 aliphatic rings. The van der Waals surface area contributed by atoms with Crippen LogP contribution in [0.25, 0.3) is 10.9 Å². The molecule has 4 aromatic rings. The van der Waals surface area contributed by atoms with Crippen molar-refractivity contribution in [2.45, 2.75) is 33.2 Å². The summed E-state index contributed by atoms with van der Waals surface area (Å²) in [5.41, 5.74) is 4.75. The molecular weight excluding hydrogens is 393 g/mol. The molecule has 0 aliphatic carbocycles. The normalized spacial score (nSPS) is 11.1. The van der Waals surface area contributed by atoms with E-state index in [1.54, 1.807) is 24.3 Å². The number of hydrogen-bond acceptors (Lipinski definition) is 3. The van der Waals surface area contributed by atoms with E-state index in [2.05, 4.69) is 21.8 Å². The maximum absolute atomic E-state index is 13.5. The van der Waals surface area contributed by atoms with Gasteiger partial charge in [-0.15, -0.1) is 0 Å². The molecule has 2 aromatic carbocycles. The number of fused-ring (bicyclic) bond motifs is 1. The molecule has 31 heavy (non-hydrogen) atoms. The molecule has 2 aromatic heterocycles. The minimum Gasteiger partial charge on any atom is -0.478 e. The second-order valence-electron chi connectivity index (χ2n) is 7.68. The zero-order chi connectivity index (χ0) is 22.0. The van der Waals surface area contributed by atoms with E-state index in [0.717, 1.165) is 46.3 Å². The predicted molar refractivity (Wildman–Crippen MR) is 121 cm³/mol. The summed E-state index contributed by atoms with van der Waals surface area (Å²) >= 11 is 0. The topological polar surface area (TPSA) is 67.2 Å². The number of carboxylic acid groups (broad SMARTS) is 1. The van der Waals surface area contributed by atoms with Gasteiger partial charge in [0.05, 0.1) is 5.52 Å². The van der Waals surface area contributed by atoms with Crippen LogP contribution in [0.4, 0.5) is 15.9 Å². The molecule has 158 valence electrons. The van der Waals surface area contributed by atoms with Crippen molar-refractivity contribution in [3.63, 3.8) is 0 Å². The molecule has 0 bridgehead atoms. The zero-order valence-electron chi connectivity index (χ0n) is 17.5. The first-order valence-electron chi connectivity index (χ1n) is 10.3. The molecule has 0 atom stereocenters. The Bertz CT molecular complexity index is 1260. The van der Waals surface area contributed by atoms with E-state index in [4.69, 9.17) is 0 Å². The summed E-state index contributed by atoms with van der Waals surface area (Å²) in [5.74, 6) is -0.919. The number of carbonyl (C=O) groups is 1. The summed E-state index contributed by atoms with van der Waals surface area (Å²) in [6.07, 6.45) is 3.70. The maximum Gasteiger partial charge on any atom is 0.339 e. The number of halogens is 1. The number of aromatic carboxylic acids is 1. The highest BCUT2D eigenvalue weighted by atomic mass is 19.1. The van der Waals surface area contributed by atoms with Crippen LogP contribution in [0.3, 0.4) is 0 Å². The molecule has 0 aliphatic heterocycles. The van der Waals surface area contributed by atoms with Gasteiger partial charge >= 0.3 is 5.97 Å². The number of carboxylic acids is 1. The molecule has 2 N–H and O–H groups in total. The minimum atomic E-state index is -1.02. The van der Waals surface area contributed by atoms with Gasteiger partial charge in [-0.2, -0.15) is 0 Å². The summed E-state index contributed by atoms with van der Waals surface area (Å²) in [6, 6.07) is 15.9. The summed E-state index contributed by atoms with van der Waals surface area (Å²) < 4.78 is 15.6. The van der Waals surface area contributed by atoms with Gasteiger partial charge in [0.15, 0.2) is 0 Å². The Morgan fingerprint density at radius 2 is 2.00 bits per heavy atom. The van der Waals surface area contributed by atoms with Crippen LogP contribution in [0.15, 0.2) is 60.8 Å². The van der Waals surface area contributed by atoms with Crippen LogP contribution in [-0.4, -0.2) is 20.6 Å². The fourth-order valence-corrected chi connectivity index (χ4v) is 3.91. The molecule has 0 fully saturated rings. The molecule has 4 rings (SSSR count). The van der Waals surface area contributed by atoms with Crippen molar-refractivity contribution in [2.75, 3.05) is 5.32 Å². The lowest BCUT2D eigenvalue weighted by atomic mass is 10.1. The van der Waals surface area contributed by atoms with Crippen molar-refractivity contribution in [1.82, 2.24) is 9.55 Å². The van der Waals surface area contributed by atoms with Gasteiger partial charge in [-0.1, -0.05) is 25.5 Å². The molecule has 6 heteroatoms. The number of pyridine rings is 1. The predicted octanol–water partition coefficient (Wildman–Crippen LogP) is 5.93.